The van der Waals surface area contributed by atoms with Gasteiger partial charge in [-0.25, -0.2) is 0 Å². The van der Waals surface area contributed by atoms with Crippen LogP contribution < -0.4 is 16.0 Å². The molecule has 7 nitrogen and oxygen atoms in total. The Labute approximate surface area is 173 Å². The van der Waals surface area contributed by atoms with Gasteiger partial charge in [-0.3, -0.25) is 14.4 Å². The molecule has 3 rings (SSSR count). The van der Waals surface area contributed by atoms with E-state index < -0.39 is 5.91 Å². The smallest absolute Gasteiger partial charge is 0.291 e. The summed E-state index contributed by atoms with van der Waals surface area (Å²) in [6.07, 6.45) is 1.41. The van der Waals surface area contributed by atoms with E-state index in [9.17, 15) is 14.4 Å². The van der Waals surface area contributed by atoms with Crippen molar-refractivity contribution in [2.45, 2.75) is 6.92 Å². The number of anilines is 2. The van der Waals surface area contributed by atoms with E-state index >= 15 is 0 Å². The first-order valence-electron chi connectivity index (χ1n) is 8.21. The standard InChI is InChI=1S/C19H16BrN3O4S/c1-11-9-16(23-18(25)14-3-2-8-27-14)28-17(11)19(26)21-10-15(24)22-13-6-4-12(20)5-7-13/h2-9H,10H2,1H3,(H,21,26)(H,22,24)(H,23,25). The summed E-state index contributed by atoms with van der Waals surface area (Å²) >= 11 is 4.45. The number of carbonyl (C=O) groups is 3. The van der Waals surface area contributed by atoms with Gasteiger partial charge in [0.15, 0.2) is 5.76 Å². The summed E-state index contributed by atoms with van der Waals surface area (Å²) in [7, 11) is 0. The van der Waals surface area contributed by atoms with E-state index in [1.54, 1.807) is 37.3 Å². The molecule has 28 heavy (non-hydrogen) atoms. The van der Waals surface area contributed by atoms with E-state index in [0.717, 1.165) is 15.8 Å². The molecule has 0 aliphatic heterocycles. The van der Waals surface area contributed by atoms with Gasteiger partial charge < -0.3 is 20.4 Å². The SMILES string of the molecule is Cc1cc(NC(=O)c2ccco2)sc1C(=O)NCC(=O)Nc1ccc(Br)cc1. The summed E-state index contributed by atoms with van der Waals surface area (Å²) in [5, 5.41) is 8.49. The van der Waals surface area contributed by atoms with Crippen LogP contribution in [0.4, 0.5) is 10.7 Å². The number of thiophene rings is 1. The molecule has 0 aliphatic rings. The van der Waals surface area contributed by atoms with Crippen LogP contribution in [0.3, 0.4) is 0 Å². The van der Waals surface area contributed by atoms with Crippen molar-refractivity contribution >= 4 is 55.7 Å². The molecule has 0 unspecified atom stereocenters. The first-order chi connectivity index (χ1) is 13.4. The first kappa shape index (κ1) is 19.8. The van der Waals surface area contributed by atoms with Crippen LogP contribution in [0.1, 0.15) is 25.8 Å². The van der Waals surface area contributed by atoms with Crippen molar-refractivity contribution in [2.75, 3.05) is 17.2 Å². The molecule has 144 valence electrons. The minimum atomic E-state index is -0.396. The highest BCUT2D eigenvalue weighted by Crippen LogP contribution is 2.27. The van der Waals surface area contributed by atoms with Gasteiger partial charge in [-0.1, -0.05) is 15.9 Å². The number of furan rings is 1. The highest BCUT2D eigenvalue weighted by molar-refractivity contribution is 9.10. The molecule has 0 bridgehead atoms. The zero-order chi connectivity index (χ0) is 20.1. The third-order valence-corrected chi connectivity index (χ3v) is 5.32. The Morgan fingerprint density at radius 1 is 1.07 bits per heavy atom. The molecule has 0 saturated heterocycles. The molecule has 0 fully saturated rings. The summed E-state index contributed by atoms with van der Waals surface area (Å²) in [6.45, 7) is 1.59. The van der Waals surface area contributed by atoms with Crippen molar-refractivity contribution < 1.29 is 18.8 Å². The molecule has 9 heteroatoms. The number of hydrogen-bond donors (Lipinski definition) is 3. The maximum Gasteiger partial charge on any atom is 0.291 e. The summed E-state index contributed by atoms with van der Waals surface area (Å²) in [6, 6.07) is 12.0. The van der Waals surface area contributed by atoms with Crippen LogP contribution in [0.2, 0.25) is 0 Å². The number of hydrogen-bond acceptors (Lipinski definition) is 5. The zero-order valence-electron chi connectivity index (χ0n) is 14.7. The lowest BCUT2D eigenvalue weighted by Gasteiger charge is -2.07. The van der Waals surface area contributed by atoms with Crippen LogP contribution in [0.15, 0.2) is 57.6 Å². The van der Waals surface area contributed by atoms with Crippen LogP contribution >= 0.6 is 27.3 Å². The molecule has 2 aromatic heterocycles. The molecule has 2 heterocycles. The van der Waals surface area contributed by atoms with Crippen LogP contribution in [0, 0.1) is 6.92 Å². The summed E-state index contributed by atoms with van der Waals surface area (Å²) < 4.78 is 5.94. The number of carbonyl (C=O) groups excluding carboxylic acids is 3. The fraction of sp³-hybridized carbons (Fsp3) is 0.105. The van der Waals surface area contributed by atoms with Gasteiger partial charge in [0.05, 0.1) is 22.7 Å². The highest BCUT2D eigenvalue weighted by atomic mass is 79.9. The largest absolute Gasteiger partial charge is 0.459 e. The number of rotatable bonds is 6. The fourth-order valence-electron chi connectivity index (χ4n) is 2.33. The molecule has 3 N–H and O–H groups in total. The number of aryl methyl sites for hydroxylation is 1. The number of halogens is 1. The van der Waals surface area contributed by atoms with Gasteiger partial charge in [0, 0.05) is 10.2 Å². The molecule has 0 radical (unpaired) electrons. The van der Waals surface area contributed by atoms with Crippen LogP contribution in [-0.4, -0.2) is 24.3 Å². The van der Waals surface area contributed by atoms with Gasteiger partial charge in [0.1, 0.15) is 0 Å². The minimum Gasteiger partial charge on any atom is -0.459 e. The monoisotopic (exact) mass is 461 g/mol. The highest BCUT2D eigenvalue weighted by Gasteiger charge is 2.17. The van der Waals surface area contributed by atoms with Crippen molar-refractivity contribution in [1.29, 1.82) is 0 Å². The molecule has 3 aromatic rings. The average Bonchev–Trinajstić information content (AvgIpc) is 3.32. The Morgan fingerprint density at radius 3 is 2.50 bits per heavy atom. The molecule has 0 spiro atoms. The van der Waals surface area contributed by atoms with Crippen molar-refractivity contribution in [2.24, 2.45) is 0 Å². The fourth-order valence-corrected chi connectivity index (χ4v) is 3.58. The van der Waals surface area contributed by atoms with E-state index in [0.29, 0.717) is 21.1 Å². The normalized spacial score (nSPS) is 10.4. The number of benzene rings is 1. The second-order valence-corrected chi connectivity index (χ2v) is 7.76. The molecule has 0 aliphatic carbocycles. The number of nitrogens with one attached hydrogen (secondary N) is 3. The lowest BCUT2D eigenvalue weighted by atomic mass is 10.2. The molecule has 0 atom stereocenters. The maximum atomic E-state index is 12.4. The summed E-state index contributed by atoms with van der Waals surface area (Å²) in [5.74, 6) is -0.933. The maximum absolute atomic E-state index is 12.4. The molecule has 3 amide bonds. The predicted molar refractivity (Wildman–Crippen MR) is 111 cm³/mol. The lowest BCUT2D eigenvalue weighted by molar-refractivity contribution is -0.115. The zero-order valence-corrected chi connectivity index (χ0v) is 17.1. The van der Waals surface area contributed by atoms with E-state index in [-0.39, 0.29) is 24.1 Å². The van der Waals surface area contributed by atoms with E-state index in [4.69, 9.17) is 4.42 Å². The van der Waals surface area contributed by atoms with E-state index in [1.165, 1.54) is 6.26 Å². The molecular weight excluding hydrogens is 446 g/mol. The topological polar surface area (TPSA) is 100 Å². The van der Waals surface area contributed by atoms with Crippen LogP contribution in [0.5, 0.6) is 0 Å². The summed E-state index contributed by atoms with van der Waals surface area (Å²) in [4.78, 5) is 36.8. The summed E-state index contributed by atoms with van der Waals surface area (Å²) in [5.41, 5.74) is 1.34. The van der Waals surface area contributed by atoms with Gasteiger partial charge in [0.25, 0.3) is 11.8 Å². The van der Waals surface area contributed by atoms with E-state index in [1.807, 2.05) is 12.1 Å². The van der Waals surface area contributed by atoms with Crippen molar-refractivity contribution in [3.63, 3.8) is 0 Å². The lowest BCUT2D eigenvalue weighted by Crippen LogP contribution is -2.32. The van der Waals surface area contributed by atoms with Gasteiger partial charge in [-0.2, -0.15) is 0 Å². The second-order valence-electron chi connectivity index (χ2n) is 5.79. The molecule has 1 aromatic carbocycles. The van der Waals surface area contributed by atoms with Gasteiger partial charge in [0.2, 0.25) is 5.91 Å². The van der Waals surface area contributed by atoms with E-state index in [2.05, 4.69) is 31.9 Å². The average molecular weight is 462 g/mol. The quantitative estimate of drug-likeness (QED) is 0.515. The predicted octanol–water partition coefficient (Wildman–Crippen LogP) is 4.03. The Bertz CT molecular complexity index is 997. The van der Waals surface area contributed by atoms with Gasteiger partial charge in [-0.05, 0) is 55.0 Å². The van der Waals surface area contributed by atoms with Crippen molar-refractivity contribution in [3.8, 4) is 0 Å². The Morgan fingerprint density at radius 2 is 1.82 bits per heavy atom. The van der Waals surface area contributed by atoms with Crippen LogP contribution in [-0.2, 0) is 4.79 Å². The van der Waals surface area contributed by atoms with Crippen molar-refractivity contribution in [1.82, 2.24) is 5.32 Å². The molecule has 0 saturated carbocycles. The minimum absolute atomic E-state index is 0.166. The van der Waals surface area contributed by atoms with Crippen LogP contribution in [0.25, 0.3) is 0 Å². The third-order valence-electron chi connectivity index (χ3n) is 3.64. The Balaban J connectivity index is 1.55. The first-order valence-corrected chi connectivity index (χ1v) is 9.82. The Kier molecular flexibility index (Phi) is 6.27. The van der Waals surface area contributed by atoms with Crippen molar-refractivity contribution in [3.05, 3.63) is 69.4 Å². The van der Waals surface area contributed by atoms with Gasteiger partial charge >= 0.3 is 0 Å². The molecular formula is C19H16BrN3O4S. The van der Waals surface area contributed by atoms with Gasteiger partial charge in [-0.15, -0.1) is 11.3 Å². The number of amides is 3. The second kappa shape index (κ2) is 8.85. The third kappa shape index (κ3) is 5.08. The Hall–Kier alpha value is -2.91.